The van der Waals surface area contributed by atoms with Gasteiger partial charge in [0.25, 0.3) is 10.0 Å². The van der Waals surface area contributed by atoms with E-state index in [0.29, 0.717) is 30.9 Å². The average Bonchev–Trinajstić information content (AvgIpc) is 2.79. The van der Waals surface area contributed by atoms with Gasteiger partial charge in [0.15, 0.2) is 11.6 Å². The van der Waals surface area contributed by atoms with Crippen molar-refractivity contribution in [2.45, 2.75) is 31.2 Å². The molecule has 174 valence electrons. The quantitative estimate of drug-likeness (QED) is 0.418. The minimum Gasteiger partial charge on any atom is -0.478 e. The first-order valence-corrected chi connectivity index (χ1v) is 11.8. The number of benzene rings is 3. The molecule has 0 spiro atoms. The summed E-state index contributed by atoms with van der Waals surface area (Å²) < 4.78 is 54.1. The number of hydrogen-bond acceptors (Lipinski definition) is 4. The minimum absolute atomic E-state index is 0.00367. The fourth-order valence-electron chi connectivity index (χ4n) is 3.34. The predicted octanol–water partition coefficient (Wildman–Crippen LogP) is 5.27. The molecule has 0 radical (unpaired) electrons. The Morgan fingerprint density at radius 3 is 2.36 bits per heavy atom. The molecule has 3 aromatic rings. The molecule has 0 saturated heterocycles. The second kappa shape index (κ2) is 10.4. The van der Waals surface area contributed by atoms with Gasteiger partial charge in [-0.05, 0) is 48.4 Å². The molecule has 0 aromatic heterocycles. The van der Waals surface area contributed by atoms with Gasteiger partial charge in [-0.15, -0.1) is 0 Å². The molecule has 0 aliphatic heterocycles. The molecule has 0 unspecified atom stereocenters. The Morgan fingerprint density at radius 2 is 1.73 bits per heavy atom. The van der Waals surface area contributed by atoms with Crippen molar-refractivity contribution in [3.05, 3.63) is 89.5 Å². The van der Waals surface area contributed by atoms with Gasteiger partial charge < -0.3 is 10.0 Å². The van der Waals surface area contributed by atoms with Crippen molar-refractivity contribution in [3.63, 3.8) is 0 Å². The lowest BCUT2D eigenvalue weighted by atomic mass is 10.1. The largest absolute Gasteiger partial charge is 0.478 e. The number of unbranched alkanes of at least 4 members (excludes halogenated alkanes) is 1. The summed E-state index contributed by atoms with van der Waals surface area (Å²) in [5.74, 6) is -3.68. The van der Waals surface area contributed by atoms with E-state index in [0.717, 1.165) is 24.5 Å². The van der Waals surface area contributed by atoms with Crippen LogP contribution in [-0.2, 0) is 16.6 Å². The fourth-order valence-corrected chi connectivity index (χ4v) is 4.40. The van der Waals surface area contributed by atoms with Crippen LogP contribution in [0.4, 0.5) is 20.2 Å². The van der Waals surface area contributed by atoms with Crippen molar-refractivity contribution in [1.29, 1.82) is 0 Å². The molecule has 0 bridgehead atoms. The monoisotopic (exact) mass is 474 g/mol. The lowest BCUT2D eigenvalue weighted by Gasteiger charge is -2.27. The van der Waals surface area contributed by atoms with Crippen LogP contribution in [0.25, 0.3) is 0 Å². The number of nitrogens with one attached hydrogen (secondary N) is 1. The molecule has 2 N–H and O–H groups in total. The van der Waals surface area contributed by atoms with E-state index in [4.69, 9.17) is 0 Å². The van der Waals surface area contributed by atoms with Crippen molar-refractivity contribution in [2.75, 3.05) is 16.2 Å². The lowest BCUT2D eigenvalue weighted by Crippen LogP contribution is -2.26. The Kier molecular flexibility index (Phi) is 7.65. The molecule has 6 nitrogen and oxygen atoms in total. The molecule has 0 amide bonds. The van der Waals surface area contributed by atoms with E-state index in [-0.39, 0.29) is 11.3 Å². The summed E-state index contributed by atoms with van der Waals surface area (Å²) in [6, 6.07) is 16.0. The molecule has 3 rings (SSSR count). The molecule has 0 fully saturated rings. The summed E-state index contributed by atoms with van der Waals surface area (Å²) in [6.45, 7) is 3.14. The second-order valence-corrected chi connectivity index (χ2v) is 9.16. The van der Waals surface area contributed by atoms with Gasteiger partial charge in [-0.3, -0.25) is 4.72 Å². The molecule has 0 heterocycles. The molecule has 3 aromatic carbocycles. The molecule has 33 heavy (non-hydrogen) atoms. The van der Waals surface area contributed by atoms with E-state index in [2.05, 4.69) is 4.72 Å². The van der Waals surface area contributed by atoms with Crippen LogP contribution in [0.1, 0.15) is 35.7 Å². The number of carbonyl (C=O) groups is 1. The summed E-state index contributed by atoms with van der Waals surface area (Å²) in [4.78, 5) is 13.5. The fraction of sp³-hybridized carbons (Fsp3) is 0.208. The van der Waals surface area contributed by atoms with E-state index < -0.39 is 32.5 Å². The van der Waals surface area contributed by atoms with Gasteiger partial charge in [0.05, 0.1) is 16.1 Å². The SMILES string of the molecule is CCCCN(Cc1ccccc1)c1ccc(NS(=O)(=O)c2ccc(F)c(F)c2)cc1C(=O)O. The molecule has 9 heteroatoms. The highest BCUT2D eigenvalue weighted by molar-refractivity contribution is 7.92. The summed E-state index contributed by atoms with van der Waals surface area (Å²) in [7, 11) is -4.25. The van der Waals surface area contributed by atoms with Crippen LogP contribution in [0.5, 0.6) is 0 Å². The van der Waals surface area contributed by atoms with Crippen molar-refractivity contribution in [1.82, 2.24) is 0 Å². The Balaban J connectivity index is 1.94. The third-order valence-electron chi connectivity index (χ3n) is 5.02. The minimum atomic E-state index is -4.25. The molecular weight excluding hydrogens is 450 g/mol. The zero-order chi connectivity index (χ0) is 24.0. The van der Waals surface area contributed by atoms with E-state index in [1.807, 2.05) is 42.2 Å². The number of aromatic carboxylic acids is 1. The summed E-state index contributed by atoms with van der Waals surface area (Å²) in [5, 5.41) is 9.82. The topological polar surface area (TPSA) is 86.7 Å². The van der Waals surface area contributed by atoms with Crippen LogP contribution in [0.15, 0.2) is 71.6 Å². The number of rotatable bonds is 10. The van der Waals surface area contributed by atoms with E-state index in [9.17, 15) is 27.1 Å². The van der Waals surface area contributed by atoms with Crippen molar-refractivity contribution >= 4 is 27.4 Å². The van der Waals surface area contributed by atoms with Gasteiger partial charge in [-0.1, -0.05) is 43.7 Å². The van der Waals surface area contributed by atoms with Crippen LogP contribution >= 0.6 is 0 Å². The van der Waals surface area contributed by atoms with Crippen LogP contribution in [0.2, 0.25) is 0 Å². The number of carboxylic acid groups (broad SMARTS) is 1. The number of nitrogens with zero attached hydrogens (tertiary/aromatic N) is 1. The van der Waals surface area contributed by atoms with Gasteiger partial charge >= 0.3 is 5.97 Å². The summed E-state index contributed by atoms with van der Waals surface area (Å²) in [6.07, 6.45) is 1.76. The maximum Gasteiger partial charge on any atom is 0.337 e. The van der Waals surface area contributed by atoms with Gasteiger partial charge in [0.2, 0.25) is 0 Å². The number of carboxylic acids is 1. The normalized spacial score (nSPS) is 11.2. The van der Waals surface area contributed by atoms with Crippen molar-refractivity contribution in [3.8, 4) is 0 Å². The Bertz CT molecular complexity index is 1230. The Hall–Kier alpha value is -3.46. The maximum absolute atomic E-state index is 13.5. The van der Waals surface area contributed by atoms with E-state index >= 15 is 0 Å². The first-order valence-electron chi connectivity index (χ1n) is 10.4. The van der Waals surface area contributed by atoms with Crippen molar-refractivity contribution in [2.24, 2.45) is 0 Å². The molecule has 0 aliphatic carbocycles. The standard InChI is InChI=1S/C24H24F2N2O4S/c1-2-3-13-28(16-17-7-5-4-6-8-17)23-12-9-18(14-20(23)24(29)30)27-33(31,32)19-10-11-21(25)22(26)15-19/h4-12,14-15,27H,2-3,13,16H2,1H3,(H,29,30). The maximum atomic E-state index is 13.5. The lowest BCUT2D eigenvalue weighted by molar-refractivity contribution is 0.0697. The van der Waals surface area contributed by atoms with Gasteiger partial charge in [0, 0.05) is 18.8 Å². The summed E-state index contributed by atoms with van der Waals surface area (Å²) in [5.41, 5.74) is 1.38. The van der Waals surface area contributed by atoms with Crippen LogP contribution in [0.3, 0.4) is 0 Å². The summed E-state index contributed by atoms with van der Waals surface area (Å²) >= 11 is 0. The van der Waals surface area contributed by atoms with E-state index in [1.54, 1.807) is 6.07 Å². The number of anilines is 2. The Labute approximate surface area is 191 Å². The smallest absolute Gasteiger partial charge is 0.337 e. The molecular formula is C24H24F2N2O4S. The highest BCUT2D eigenvalue weighted by atomic mass is 32.2. The van der Waals surface area contributed by atoms with Gasteiger partial charge in [-0.2, -0.15) is 0 Å². The Morgan fingerprint density at radius 1 is 1.00 bits per heavy atom. The van der Waals surface area contributed by atoms with Gasteiger partial charge in [-0.25, -0.2) is 22.0 Å². The van der Waals surface area contributed by atoms with Crippen LogP contribution < -0.4 is 9.62 Å². The highest BCUT2D eigenvalue weighted by Crippen LogP contribution is 2.28. The number of sulfonamides is 1. The van der Waals surface area contributed by atoms with E-state index in [1.165, 1.54) is 12.1 Å². The first kappa shape index (κ1) is 24.2. The average molecular weight is 475 g/mol. The van der Waals surface area contributed by atoms with Crippen LogP contribution in [-0.4, -0.2) is 26.0 Å². The molecule has 0 saturated carbocycles. The second-order valence-electron chi connectivity index (χ2n) is 7.48. The third-order valence-corrected chi connectivity index (χ3v) is 6.40. The number of hydrogen-bond donors (Lipinski definition) is 2. The van der Waals surface area contributed by atoms with Crippen molar-refractivity contribution < 1.29 is 27.1 Å². The number of halogens is 2. The first-order chi connectivity index (χ1) is 15.7. The molecule has 0 aliphatic rings. The van der Waals surface area contributed by atoms with Gasteiger partial charge in [0.1, 0.15) is 0 Å². The highest BCUT2D eigenvalue weighted by Gasteiger charge is 2.21. The van der Waals surface area contributed by atoms with Crippen LogP contribution in [0, 0.1) is 11.6 Å². The molecule has 0 atom stereocenters. The zero-order valence-electron chi connectivity index (χ0n) is 18.0. The predicted molar refractivity (Wildman–Crippen MR) is 123 cm³/mol. The zero-order valence-corrected chi connectivity index (χ0v) is 18.8. The third kappa shape index (κ3) is 6.07.